The molecule has 0 atom stereocenters. The number of esters is 1. The lowest BCUT2D eigenvalue weighted by molar-refractivity contribution is 0.0531. The minimum absolute atomic E-state index is 0.307. The molecule has 1 heterocycles. The number of hydrogen-bond donors (Lipinski definition) is 0. The van der Waals surface area contributed by atoms with Gasteiger partial charge in [0, 0.05) is 6.21 Å². The van der Waals surface area contributed by atoms with Gasteiger partial charge in [0.05, 0.1) is 13.7 Å². The van der Waals surface area contributed by atoms with Crippen LogP contribution in [0, 0.1) is 6.92 Å². The Morgan fingerprint density at radius 1 is 1.10 bits per heavy atom. The molecule has 0 bridgehead atoms. The second-order valence-electron chi connectivity index (χ2n) is 6.26. The number of carbonyl (C=O) groups is 1. The Morgan fingerprint density at radius 2 is 1.90 bits per heavy atom. The summed E-state index contributed by atoms with van der Waals surface area (Å²) >= 11 is 1.32. The highest BCUT2D eigenvalue weighted by molar-refractivity contribution is 7.17. The van der Waals surface area contributed by atoms with Crippen LogP contribution in [0.25, 0.3) is 0 Å². The van der Waals surface area contributed by atoms with E-state index in [1.54, 1.807) is 20.2 Å². The van der Waals surface area contributed by atoms with Crippen LogP contribution in [0.5, 0.6) is 11.5 Å². The van der Waals surface area contributed by atoms with E-state index < -0.39 is 0 Å². The second-order valence-corrected chi connectivity index (χ2v) is 7.29. The Bertz CT molecular complexity index is 995. The number of aryl methyl sites for hydroxylation is 1. The Labute approximate surface area is 174 Å². The first-order chi connectivity index (χ1) is 14.1. The normalized spacial score (nSPS) is 10.9. The van der Waals surface area contributed by atoms with Crippen LogP contribution in [0.1, 0.15) is 33.3 Å². The monoisotopic (exact) mass is 409 g/mol. The first kappa shape index (κ1) is 20.6. The van der Waals surface area contributed by atoms with Crippen LogP contribution < -0.4 is 9.47 Å². The smallest absolute Gasteiger partial charge is 0.348 e. The van der Waals surface area contributed by atoms with Crippen LogP contribution >= 0.6 is 11.3 Å². The van der Waals surface area contributed by atoms with E-state index in [2.05, 4.69) is 4.99 Å². The van der Waals surface area contributed by atoms with Gasteiger partial charge in [0.2, 0.25) is 0 Å². The van der Waals surface area contributed by atoms with Crippen molar-refractivity contribution in [3.8, 4) is 11.5 Å². The van der Waals surface area contributed by atoms with Crippen LogP contribution in [0.15, 0.2) is 59.6 Å². The van der Waals surface area contributed by atoms with E-state index in [-0.39, 0.29) is 5.97 Å². The molecule has 0 amide bonds. The van der Waals surface area contributed by atoms with E-state index in [9.17, 15) is 4.79 Å². The molecule has 2 aromatic carbocycles. The number of thiophene rings is 1. The summed E-state index contributed by atoms with van der Waals surface area (Å²) in [4.78, 5) is 17.0. The Hall–Kier alpha value is -3.12. The summed E-state index contributed by atoms with van der Waals surface area (Å²) in [6.07, 6.45) is 1.74. The summed E-state index contributed by atoms with van der Waals surface area (Å²) in [5.74, 6) is 1.00. The van der Waals surface area contributed by atoms with Gasteiger partial charge in [-0.15, -0.1) is 11.3 Å². The fraction of sp³-hybridized carbons (Fsp3) is 0.217. The van der Waals surface area contributed by atoms with Crippen molar-refractivity contribution in [3.05, 3.63) is 76.2 Å². The molecule has 0 N–H and O–H groups in total. The summed E-state index contributed by atoms with van der Waals surface area (Å²) in [5.41, 5.74) is 2.83. The van der Waals surface area contributed by atoms with Crippen molar-refractivity contribution in [2.24, 2.45) is 4.99 Å². The van der Waals surface area contributed by atoms with E-state index in [1.165, 1.54) is 11.3 Å². The zero-order chi connectivity index (χ0) is 20.6. The minimum Gasteiger partial charge on any atom is -0.493 e. The van der Waals surface area contributed by atoms with Crippen molar-refractivity contribution in [2.45, 2.75) is 20.5 Å². The number of ether oxygens (including phenoxy) is 3. The molecule has 0 saturated carbocycles. The van der Waals surface area contributed by atoms with Crippen LogP contribution in [0.4, 0.5) is 5.00 Å². The van der Waals surface area contributed by atoms with E-state index in [0.717, 1.165) is 21.7 Å². The quantitative estimate of drug-likeness (QED) is 0.360. The first-order valence-corrected chi connectivity index (χ1v) is 10.1. The lowest BCUT2D eigenvalue weighted by atomic mass is 10.2. The van der Waals surface area contributed by atoms with E-state index >= 15 is 0 Å². The number of carbonyl (C=O) groups excluding carboxylic acids is 1. The van der Waals surface area contributed by atoms with Gasteiger partial charge in [0.15, 0.2) is 11.5 Å². The third kappa shape index (κ3) is 5.45. The molecule has 0 radical (unpaired) electrons. The fourth-order valence-electron chi connectivity index (χ4n) is 2.69. The van der Waals surface area contributed by atoms with E-state index in [1.807, 2.05) is 61.5 Å². The van der Waals surface area contributed by atoms with Gasteiger partial charge < -0.3 is 14.2 Å². The van der Waals surface area contributed by atoms with E-state index in [0.29, 0.717) is 29.6 Å². The molecule has 29 heavy (non-hydrogen) atoms. The zero-order valence-corrected chi connectivity index (χ0v) is 17.5. The standard InChI is InChI=1S/C23H23NO4S/c1-4-27-23(25)22-16(2)12-21(29-22)24-14-18-10-11-19(20(13-18)26-3)28-15-17-8-6-5-7-9-17/h5-14H,4,15H2,1-3H3. The summed E-state index contributed by atoms with van der Waals surface area (Å²) in [6, 6.07) is 17.5. The fourth-order valence-corrected chi connectivity index (χ4v) is 3.60. The summed E-state index contributed by atoms with van der Waals surface area (Å²) < 4.78 is 16.4. The Morgan fingerprint density at radius 3 is 2.62 bits per heavy atom. The highest BCUT2D eigenvalue weighted by atomic mass is 32.1. The van der Waals surface area contributed by atoms with Crippen LogP contribution in [0.3, 0.4) is 0 Å². The van der Waals surface area contributed by atoms with Gasteiger partial charge >= 0.3 is 5.97 Å². The number of nitrogens with zero attached hydrogens (tertiary/aromatic N) is 1. The van der Waals surface area contributed by atoms with E-state index in [4.69, 9.17) is 14.2 Å². The van der Waals surface area contributed by atoms with Gasteiger partial charge in [-0.25, -0.2) is 9.79 Å². The lowest BCUT2D eigenvalue weighted by Gasteiger charge is -2.11. The summed E-state index contributed by atoms with van der Waals surface area (Å²) in [6.45, 7) is 4.49. The molecular formula is C23H23NO4S. The summed E-state index contributed by atoms with van der Waals surface area (Å²) in [7, 11) is 1.61. The Kier molecular flexibility index (Phi) is 7.03. The second kappa shape index (κ2) is 9.89. The van der Waals surface area contributed by atoms with Gasteiger partial charge in [0.1, 0.15) is 16.5 Å². The van der Waals surface area contributed by atoms with Crippen LogP contribution in [0.2, 0.25) is 0 Å². The largest absolute Gasteiger partial charge is 0.493 e. The average Bonchev–Trinajstić information content (AvgIpc) is 3.12. The van der Waals surface area contributed by atoms with Crippen molar-refractivity contribution in [2.75, 3.05) is 13.7 Å². The molecule has 0 spiro atoms. The SMILES string of the molecule is CCOC(=O)c1sc(N=Cc2ccc(OCc3ccccc3)c(OC)c2)cc1C. The van der Waals surface area contributed by atoms with Crippen LogP contribution in [-0.2, 0) is 11.3 Å². The number of aliphatic imine (C=N–C) groups is 1. The van der Waals surface area contributed by atoms with Crippen molar-refractivity contribution < 1.29 is 19.0 Å². The first-order valence-electron chi connectivity index (χ1n) is 9.27. The molecule has 3 aromatic rings. The summed E-state index contributed by atoms with van der Waals surface area (Å²) in [5, 5.41) is 0.744. The van der Waals surface area contributed by atoms with Crippen molar-refractivity contribution in [1.29, 1.82) is 0 Å². The molecule has 150 valence electrons. The number of benzene rings is 2. The maximum absolute atomic E-state index is 11.9. The lowest BCUT2D eigenvalue weighted by Crippen LogP contribution is -2.03. The molecule has 0 aliphatic heterocycles. The molecule has 0 fully saturated rings. The van der Waals surface area contributed by atoms with Gasteiger partial charge in [-0.1, -0.05) is 30.3 Å². The highest BCUT2D eigenvalue weighted by Gasteiger charge is 2.14. The van der Waals surface area contributed by atoms with Gasteiger partial charge in [-0.2, -0.15) is 0 Å². The van der Waals surface area contributed by atoms with Crippen molar-refractivity contribution >= 4 is 28.5 Å². The molecular weight excluding hydrogens is 386 g/mol. The predicted molar refractivity (Wildman–Crippen MR) is 116 cm³/mol. The minimum atomic E-state index is -0.307. The van der Waals surface area contributed by atoms with Crippen LogP contribution in [-0.4, -0.2) is 25.9 Å². The van der Waals surface area contributed by atoms with Crippen molar-refractivity contribution in [3.63, 3.8) is 0 Å². The maximum atomic E-state index is 11.9. The number of hydrogen-bond acceptors (Lipinski definition) is 6. The third-order valence-corrected chi connectivity index (χ3v) is 5.26. The molecule has 0 unspecified atom stereocenters. The molecule has 6 heteroatoms. The Balaban J connectivity index is 1.71. The molecule has 3 rings (SSSR count). The van der Waals surface area contributed by atoms with Gasteiger partial charge in [-0.05, 0) is 54.8 Å². The molecule has 0 aliphatic rings. The number of methoxy groups -OCH3 is 1. The molecule has 0 saturated heterocycles. The average molecular weight is 410 g/mol. The third-order valence-electron chi connectivity index (χ3n) is 4.13. The van der Waals surface area contributed by atoms with Crippen molar-refractivity contribution in [1.82, 2.24) is 0 Å². The molecule has 1 aromatic heterocycles. The topological polar surface area (TPSA) is 57.1 Å². The van der Waals surface area contributed by atoms with Gasteiger partial charge in [0.25, 0.3) is 0 Å². The predicted octanol–water partition coefficient (Wildman–Crippen LogP) is 5.57. The maximum Gasteiger partial charge on any atom is 0.348 e. The highest BCUT2D eigenvalue weighted by Crippen LogP contribution is 2.31. The molecule has 0 aliphatic carbocycles. The zero-order valence-electron chi connectivity index (χ0n) is 16.7. The van der Waals surface area contributed by atoms with Gasteiger partial charge in [-0.3, -0.25) is 0 Å². The molecule has 5 nitrogen and oxygen atoms in total. The number of rotatable bonds is 8.